The van der Waals surface area contributed by atoms with Gasteiger partial charge in [0.25, 0.3) is 0 Å². The van der Waals surface area contributed by atoms with Crippen LogP contribution in [0.5, 0.6) is 0 Å². The van der Waals surface area contributed by atoms with E-state index in [1.165, 1.54) is 0 Å². The van der Waals surface area contributed by atoms with Crippen LogP contribution in [-0.2, 0) is 17.9 Å². The Balaban J connectivity index is 1.75. The minimum atomic E-state index is -0.101. The van der Waals surface area contributed by atoms with Crippen molar-refractivity contribution in [3.05, 3.63) is 65.5 Å². The summed E-state index contributed by atoms with van der Waals surface area (Å²) >= 11 is 0. The first-order valence-corrected chi connectivity index (χ1v) is 10.1. The Bertz CT molecular complexity index is 1190. The van der Waals surface area contributed by atoms with Gasteiger partial charge in [-0.2, -0.15) is 4.52 Å². The van der Waals surface area contributed by atoms with Crippen LogP contribution < -0.4 is 0 Å². The molecule has 3 heterocycles. The van der Waals surface area contributed by atoms with Crippen molar-refractivity contribution in [2.75, 3.05) is 0 Å². The molecule has 4 rings (SSSR count). The van der Waals surface area contributed by atoms with E-state index in [9.17, 15) is 4.79 Å². The molecule has 7 heteroatoms. The van der Waals surface area contributed by atoms with Gasteiger partial charge in [0.2, 0.25) is 5.91 Å². The summed E-state index contributed by atoms with van der Waals surface area (Å²) in [5, 5.41) is 13.4. The molecule has 0 N–H and O–H groups in total. The molecule has 3 aromatic heterocycles. The number of tetrazole rings is 1. The molecule has 0 saturated carbocycles. The Kier molecular flexibility index (Phi) is 5.20. The molecule has 0 fully saturated rings. The molecule has 30 heavy (non-hydrogen) atoms. The third-order valence-electron chi connectivity index (χ3n) is 5.06. The highest BCUT2D eigenvalue weighted by Crippen LogP contribution is 2.25. The summed E-state index contributed by atoms with van der Waals surface area (Å²) in [5.74, 6) is 0.0984. The van der Waals surface area contributed by atoms with E-state index in [0.717, 1.165) is 27.6 Å². The Morgan fingerprint density at radius 1 is 1.13 bits per heavy atom. The standard InChI is InChI=1S/C23H26N6O/c1-16-7-5-9-18-11-19(22-25-26-27-29(22)21(16)18)15-28(20(30)12-23(2,3)4)14-17-8-6-10-24-13-17/h5-11,13H,12,14-15H2,1-4H3. The van der Waals surface area contributed by atoms with E-state index in [4.69, 9.17) is 0 Å². The summed E-state index contributed by atoms with van der Waals surface area (Å²) in [6, 6.07) is 12.1. The molecule has 1 aromatic carbocycles. The molecular weight excluding hydrogens is 376 g/mol. The maximum Gasteiger partial charge on any atom is 0.223 e. The minimum absolute atomic E-state index is 0.0984. The van der Waals surface area contributed by atoms with Gasteiger partial charge in [-0.25, -0.2) is 0 Å². The monoisotopic (exact) mass is 402 g/mol. The van der Waals surface area contributed by atoms with Crippen LogP contribution in [-0.4, -0.2) is 35.8 Å². The third-order valence-corrected chi connectivity index (χ3v) is 5.06. The molecule has 0 aliphatic carbocycles. The number of hydrogen-bond donors (Lipinski definition) is 0. The molecule has 7 nitrogen and oxygen atoms in total. The quantitative estimate of drug-likeness (QED) is 0.505. The number of aryl methyl sites for hydroxylation is 1. The van der Waals surface area contributed by atoms with Gasteiger partial charge >= 0.3 is 0 Å². The second-order valence-corrected chi connectivity index (χ2v) is 8.95. The molecule has 0 radical (unpaired) electrons. The molecule has 154 valence electrons. The lowest BCUT2D eigenvalue weighted by molar-refractivity contribution is -0.134. The van der Waals surface area contributed by atoms with E-state index < -0.39 is 0 Å². The van der Waals surface area contributed by atoms with Crippen LogP contribution in [0.1, 0.15) is 43.9 Å². The van der Waals surface area contributed by atoms with Crippen LogP contribution in [0.25, 0.3) is 16.6 Å². The van der Waals surface area contributed by atoms with E-state index in [-0.39, 0.29) is 11.3 Å². The topological polar surface area (TPSA) is 76.3 Å². The zero-order chi connectivity index (χ0) is 21.3. The third kappa shape index (κ3) is 4.15. The van der Waals surface area contributed by atoms with Gasteiger partial charge in [0.05, 0.1) is 5.52 Å². The summed E-state index contributed by atoms with van der Waals surface area (Å²) < 4.78 is 1.77. The molecular formula is C23H26N6O. The number of pyridine rings is 2. The number of fused-ring (bicyclic) bond motifs is 3. The lowest BCUT2D eigenvalue weighted by atomic mass is 9.91. The Morgan fingerprint density at radius 2 is 1.97 bits per heavy atom. The van der Waals surface area contributed by atoms with Crippen molar-refractivity contribution in [2.45, 2.75) is 47.2 Å². The zero-order valence-corrected chi connectivity index (χ0v) is 17.8. The largest absolute Gasteiger partial charge is 0.334 e. The lowest BCUT2D eigenvalue weighted by Gasteiger charge is -2.27. The zero-order valence-electron chi connectivity index (χ0n) is 17.8. The highest BCUT2D eigenvalue weighted by Gasteiger charge is 2.23. The number of aromatic nitrogens is 5. The summed E-state index contributed by atoms with van der Waals surface area (Å²) in [5.41, 5.74) is 4.58. The van der Waals surface area contributed by atoms with Crippen LogP contribution >= 0.6 is 0 Å². The number of carbonyl (C=O) groups excluding carboxylic acids is 1. The number of benzene rings is 1. The van der Waals surface area contributed by atoms with Gasteiger partial charge in [0, 0.05) is 42.9 Å². The van der Waals surface area contributed by atoms with Crippen molar-refractivity contribution in [1.82, 2.24) is 29.9 Å². The smallest absolute Gasteiger partial charge is 0.223 e. The number of amides is 1. The van der Waals surface area contributed by atoms with Crippen molar-refractivity contribution in [3.8, 4) is 0 Å². The van der Waals surface area contributed by atoms with Crippen LogP contribution in [0.15, 0.2) is 48.8 Å². The minimum Gasteiger partial charge on any atom is -0.334 e. The molecule has 0 bridgehead atoms. The van der Waals surface area contributed by atoms with Crippen molar-refractivity contribution >= 4 is 22.5 Å². The Hall–Kier alpha value is -3.35. The second-order valence-electron chi connectivity index (χ2n) is 8.95. The summed E-state index contributed by atoms with van der Waals surface area (Å²) in [6.45, 7) is 9.19. The lowest BCUT2D eigenvalue weighted by Crippen LogP contribution is -2.33. The van der Waals surface area contributed by atoms with Crippen LogP contribution in [0.4, 0.5) is 0 Å². The first kappa shape index (κ1) is 19.9. The highest BCUT2D eigenvalue weighted by molar-refractivity contribution is 5.86. The molecule has 4 aromatic rings. The van der Waals surface area contributed by atoms with Gasteiger partial charge in [0.15, 0.2) is 5.65 Å². The van der Waals surface area contributed by atoms with Gasteiger partial charge in [-0.1, -0.05) is 45.0 Å². The van der Waals surface area contributed by atoms with E-state index in [0.29, 0.717) is 25.2 Å². The average Bonchev–Trinajstić information content (AvgIpc) is 3.17. The van der Waals surface area contributed by atoms with E-state index in [1.54, 1.807) is 16.9 Å². The fourth-order valence-corrected chi connectivity index (χ4v) is 3.71. The number of para-hydroxylation sites is 1. The first-order valence-electron chi connectivity index (χ1n) is 10.1. The van der Waals surface area contributed by atoms with Crippen LogP contribution in [0, 0.1) is 12.3 Å². The van der Waals surface area contributed by atoms with Crippen molar-refractivity contribution in [1.29, 1.82) is 0 Å². The number of nitrogens with zero attached hydrogens (tertiary/aromatic N) is 6. The Morgan fingerprint density at radius 3 is 2.70 bits per heavy atom. The van der Waals surface area contributed by atoms with Crippen molar-refractivity contribution < 1.29 is 4.79 Å². The molecule has 0 spiro atoms. The fourth-order valence-electron chi connectivity index (χ4n) is 3.71. The van der Waals surface area contributed by atoms with Gasteiger partial charge in [-0.15, -0.1) is 5.10 Å². The summed E-state index contributed by atoms with van der Waals surface area (Å²) in [4.78, 5) is 19.3. The predicted molar refractivity (Wildman–Crippen MR) is 116 cm³/mol. The van der Waals surface area contributed by atoms with Gasteiger partial charge in [0.1, 0.15) is 0 Å². The van der Waals surface area contributed by atoms with E-state index >= 15 is 0 Å². The van der Waals surface area contributed by atoms with Gasteiger partial charge in [-0.05, 0) is 46.0 Å². The highest BCUT2D eigenvalue weighted by atomic mass is 16.2. The molecule has 0 saturated heterocycles. The fraction of sp³-hybridized carbons (Fsp3) is 0.348. The first-order chi connectivity index (χ1) is 14.3. The van der Waals surface area contributed by atoms with Crippen LogP contribution in [0.2, 0.25) is 0 Å². The maximum atomic E-state index is 13.2. The van der Waals surface area contributed by atoms with Gasteiger partial charge in [-0.3, -0.25) is 9.78 Å². The average molecular weight is 403 g/mol. The SMILES string of the molecule is Cc1cccc2cc(CN(Cc3cccnc3)C(=O)CC(C)(C)C)c3nnnn3c12. The van der Waals surface area contributed by atoms with Crippen molar-refractivity contribution in [2.24, 2.45) is 5.41 Å². The molecule has 0 unspecified atom stereocenters. The Labute approximate surface area is 175 Å². The second kappa shape index (κ2) is 7.82. The molecule has 0 aliphatic heterocycles. The van der Waals surface area contributed by atoms with Gasteiger partial charge < -0.3 is 4.90 Å². The van der Waals surface area contributed by atoms with Crippen molar-refractivity contribution in [3.63, 3.8) is 0 Å². The maximum absolute atomic E-state index is 13.2. The predicted octanol–water partition coefficient (Wildman–Crippen LogP) is 3.95. The van der Waals surface area contributed by atoms with Crippen LogP contribution in [0.3, 0.4) is 0 Å². The number of carbonyl (C=O) groups is 1. The molecule has 1 amide bonds. The normalized spacial score (nSPS) is 11.9. The summed E-state index contributed by atoms with van der Waals surface area (Å²) in [6.07, 6.45) is 4.00. The van der Waals surface area contributed by atoms with E-state index in [2.05, 4.69) is 53.4 Å². The molecule has 0 aliphatic rings. The number of rotatable bonds is 5. The molecule has 0 atom stereocenters. The summed E-state index contributed by atoms with van der Waals surface area (Å²) in [7, 11) is 0. The van der Waals surface area contributed by atoms with E-state index in [1.807, 2.05) is 36.1 Å². The number of hydrogen-bond acceptors (Lipinski definition) is 5.